The van der Waals surface area contributed by atoms with Crippen molar-refractivity contribution in [3.05, 3.63) is 84.4 Å². The van der Waals surface area contributed by atoms with E-state index in [0.29, 0.717) is 29.5 Å². The SMILES string of the molecule is CCC(Oc1ccccc1C(C)CC)C(=O)Nc1cccc(NC(=O)COc2ccccc2)c1. The molecule has 0 saturated heterocycles. The van der Waals surface area contributed by atoms with Crippen molar-refractivity contribution in [2.75, 3.05) is 17.2 Å². The first-order valence-corrected chi connectivity index (χ1v) is 11.6. The van der Waals surface area contributed by atoms with Gasteiger partial charge in [0.15, 0.2) is 12.7 Å². The first-order valence-electron chi connectivity index (χ1n) is 11.6. The Bertz CT molecular complexity index is 1080. The molecule has 0 saturated carbocycles. The Morgan fingerprint density at radius 1 is 0.824 bits per heavy atom. The fourth-order valence-corrected chi connectivity index (χ4v) is 3.45. The van der Waals surface area contributed by atoms with Crippen molar-refractivity contribution in [2.24, 2.45) is 0 Å². The zero-order valence-electron chi connectivity index (χ0n) is 19.9. The molecule has 0 heterocycles. The third kappa shape index (κ3) is 7.10. The Morgan fingerprint density at radius 2 is 1.50 bits per heavy atom. The molecule has 2 amide bonds. The molecule has 3 aromatic carbocycles. The molecule has 0 radical (unpaired) electrons. The number of anilines is 2. The van der Waals surface area contributed by atoms with E-state index in [2.05, 4.69) is 24.5 Å². The van der Waals surface area contributed by atoms with Crippen LogP contribution in [0.25, 0.3) is 0 Å². The van der Waals surface area contributed by atoms with Gasteiger partial charge in [-0.2, -0.15) is 0 Å². The van der Waals surface area contributed by atoms with Gasteiger partial charge in [0.25, 0.3) is 11.8 Å². The minimum absolute atomic E-state index is 0.109. The van der Waals surface area contributed by atoms with Crippen LogP contribution in [0, 0.1) is 0 Å². The molecule has 2 atom stereocenters. The monoisotopic (exact) mass is 460 g/mol. The molecule has 0 aromatic heterocycles. The highest BCUT2D eigenvalue weighted by molar-refractivity contribution is 5.96. The maximum Gasteiger partial charge on any atom is 0.265 e. The average Bonchev–Trinajstić information content (AvgIpc) is 2.86. The van der Waals surface area contributed by atoms with Crippen molar-refractivity contribution < 1.29 is 19.1 Å². The molecule has 6 nitrogen and oxygen atoms in total. The maximum absolute atomic E-state index is 12.9. The van der Waals surface area contributed by atoms with Gasteiger partial charge in [0.1, 0.15) is 11.5 Å². The lowest BCUT2D eigenvalue weighted by Gasteiger charge is -2.21. The summed E-state index contributed by atoms with van der Waals surface area (Å²) in [6, 6.07) is 24.0. The van der Waals surface area contributed by atoms with Crippen LogP contribution in [-0.2, 0) is 9.59 Å². The third-order valence-corrected chi connectivity index (χ3v) is 5.52. The van der Waals surface area contributed by atoms with Gasteiger partial charge in [-0.1, -0.05) is 63.2 Å². The van der Waals surface area contributed by atoms with Gasteiger partial charge in [-0.25, -0.2) is 0 Å². The van der Waals surface area contributed by atoms with Crippen molar-refractivity contribution >= 4 is 23.2 Å². The molecule has 0 aliphatic carbocycles. The van der Waals surface area contributed by atoms with Gasteiger partial charge in [-0.05, 0) is 60.7 Å². The van der Waals surface area contributed by atoms with Gasteiger partial charge in [-0.15, -0.1) is 0 Å². The summed E-state index contributed by atoms with van der Waals surface area (Å²) in [7, 11) is 0. The number of amides is 2. The number of carbonyl (C=O) groups excluding carboxylic acids is 2. The highest BCUT2D eigenvalue weighted by Gasteiger charge is 2.21. The number of para-hydroxylation sites is 2. The molecule has 34 heavy (non-hydrogen) atoms. The number of nitrogens with one attached hydrogen (secondary N) is 2. The van der Waals surface area contributed by atoms with Crippen LogP contribution in [0.15, 0.2) is 78.9 Å². The second-order valence-corrected chi connectivity index (χ2v) is 8.08. The van der Waals surface area contributed by atoms with Crippen LogP contribution in [0.2, 0.25) is 0 Å². The van der Waals surface area contributed by atoms with Crippen LogP contribution in [0.4, 0.5) is 11.4 Å². The van der Waals surface area contributed by atoms with Crippen molar-refractivity contribution in [1.82, 2.24) is 0 Å². The number of hydrogen-bond acceptors (Lipinski definition) is 4. The molecular formula is C28H32N2O4. The van der Waals surface area contributed by atoms with Crippen LogP contribution >= 0.6 is 0 Å². The summed E-state index contributed by atoms with van der Waals surface area (Å²) in [5.74, 6) is 1.17. The van der Waals surface area contributed by atoms with Gasteiger partial charge in [0.2, 0.25) is 0 Å². The molecule has 0 spiro atoms. The zero-order chi connectivity index (χ0) is 24.3. The third-order valence-electron chi connectivity index (χ3n) is 5.52. The van der Waals surface area contributed by atoms with Crippen LogP contribution in [-0.4, -0.2) is 24.5 Å². The Kier molecular flexibility index (Phi) is 9.09. The minimum atomic E-state index is -0.636. The molecule has 3 aromatic rings. The van der Waals surface area contributed by atoms with Gasteiger partial charge in [-0.3, -0.25) is 9.59 Å². The molecule has 0 aliphatic heterocycles. The number of carbonyl (C=O) groups is 2. The van der Waals surface area contributed by atoms with E-state index >= 15 is 0 Å². The second-order valence-electron chi connectivity index (χ2n) is 8.08. The standard InChI is InChI=1S/C28H32N2O4/c1-4-20(3)24-16-9-10-17-26(24)34-25(5-2)28(32)30-22-13-11-12-21(18-22)29-27(31)19-33-23-14-7-6-8-15-23/h6-18,20,25H,4-5,19H2,1-3H3,(H,29,31)(H,30,32). The predicted octanol–water partition coefficient (Wildman–Crippen LogP) is 6.01. The average molecular weight is 461 g/mol. The van der Waals surface area contributed by atoms with E-state index in [1.165, 1.54) is 0 Å². The van der Waals surface area contributed by atoms with E-state index in [1.54, 1.807) is 36.4 Å². The second kappa shape index (κ2) is 12.4. The smallest absolute Gasteiger partial charge is 0.265 e. The quantitative estimate of drug-likeness (QED) is 0.367. The van der Waals surface area contributed by atoms with Gasteiger partial charge in [0, 0.05) is 11.4 Å². The number of hydrogen-bond donors (Lipinski definition) is 2. The van der Waals surface area contributed by atoms with Crippen molar-refractivity contribution in [3.63, 3.8) is 0 Å². The van der Waals surface area contributed by atoms with E-state index in [4.69, 9.17) is 9.47 Å². The van der Waals surface area contributed by atoms with Crippen molar-refractivity contribution in [3.8, 4) is 11.5 Å². The number of benzene rings is 3. The summed E-state index contributed by atoms with van der Waals surface area (Å²) in [4.78, 5) is 25.2. The summed E-state index contributed by atoms with van der Waals surface area (Å²) in [6.07, 6.45) is 0.870. The van der Waals surface area contributed by atoms with Crippen LogP contribution in [0.5, 0.6) is 11.5 Å². The Morgan fingerprint density at radius 3 is 2.21 bits per heavy atom. The normalized spacial score (nSPS) is 12.3. The van der Waals surface area contributed by atoms with Gasteiger partial charge >= 0.3 is 0 Å². The van der Waals surface area contributed by atoms with Crippen LogP contribution < -0.4 is 20.1 Å². The Balaban J connectivity index is 1.60. The van der Waals surface area contributed by atoms with E-state index < -0.39 is 6.10 Å². The molecule has 178 valence electrons. The summed E-state index contributed by atoms with van der Waals surface area (Å²) < 4.78 is 11.6. The lowest BCUT2D eigenvalue weighted by atomic mass is 9.98. The molecule has 0 fully saturated rings. The molecule has 2 N–H and O–H groups in total. The number of ether oxygens (including phenoxy) is 2. The first kappa shape index (κ1) is 24.8. The summed E-state index contributed by atoms with van der Waals surface area (Å²) in [5, 5.41) is 5.69. The first-order chi connectivity index (χ1) is 16.5. The topological polar surface area (TPSA) is 76.7 Å². The predicted molar refractivity (Wildman–Crippen MR) is 135 cm³/mol. The van der Waals surface area contributed by atoms with E-state index in [0.717, 1.165) is 17.7 Å². The van der Waals surface area contributed by atoms with E-state index in [1.807, 2.05) is 49.4 Å². The highest BCUT2D eigenvalue weighted by atomic mass is 16.5. The van der Waals surface area contributed by atoms with Crippen molar-refractivity contribution in [1.29, 1.82) is 0 Å². The fraction of sp³-hybridized carbons (Fsp3) is 0.286. The summed E-state index contributed by atoms with van der Waals surface area (Å²) >= 11 is 0. The Labute approximate surface area is 201 Å². The largest absolute Gasteiger partial charge is 0.484 e. The van der Waals surface area contributed by atoms with Crippen LogP contribution in [0.1, 0.15) is 45.1 Å². The molecule has 0 bridgehead atoms. The zero-order valence-corrected chi connectivity index (χ0v) is 19.9. The minimum Gasteiger partial charge on any atom is -0.484 e. The van der Waals surface area contributed by atoms with E-state index in [-0.39, 0.29) is 18.4 Å². The molecule has 0 aliphatic rings. The number of rotatable bonds is 11. The van der Waals surface area contributed by atoms with Gasteiger partial charge < -0.3 is 20.1 Å². The summed E-state index contributed by atoms with van der Waals surface area (Å²) in [6.45, 7) is 6.08. The van der Waals surface area contributed by atoms with E-state index in [9.17, 15) is 9.59 Å². The van der Waals surface area contributed by atoms with Crippen molar-refractivity contribution in [2.45, 2.75) is 45.6 Å². The molecule has 3 rings (SSSR count). The summed E-state index contributed by atoms with van der Waals surface area (Å²) in [5.41, 5.74) is 2.23. The maximum atomic E-state index is 12.9. The Hall–Kier alpha value is -3.80. The van der Waals surface area contributed by atoms with Gasteiger partial charge in [0.05, 0.1) is 0 Å². The fourth-order valence-electron chi connectivity index (χ4n) is 3.45. The molecular weight excluding hydrogens is 428 g/mol. The molecule has 6 heteroatoms. The molecule has 2 unspecified atom stereocenters. The lowest BCUT2D eigenvalue weighted by Crippen LogP contribution is -2.32. The highest BCUT2D eigenvalue weighted by Crippen LogP contribution is 2.29. The lowest BCUT2D eigenvalue weighted by molar-refractivity contribution is -0.123. The van der Waals surface area contributed by atoms with Crippen LogP contribution in [0.3, 0.4) is 0 Å².